The molecule has 4 N–H and O–H groups in total. The van der Waals surface area contributed by atoms with E-state index in [1.807, 2.05) is 22.9 Å². The van der Waals surface area contributed by atoms with Crippen molar-refractivity contribution in [1.82, 2.24) is 15.4 Å². The maximum Gasteiger partial charge on any atom is 0.408 e. The monoisotopic (exact) mass is 679 g/mol. The fourth-order valence-corrected chi connectivity index (χ4v) is 6.55. The molecule has 0 saturated carbocycles. The second-order valence-electron chi connectivity index (χ2n) is 10.9. The van der Waals surface area contributed by atoms with Crippen molar-refractivity contribution in [2.45, 2.75) is 43.6 Å². The number of phenols is 1. The Morgan fingerprint density at radius 3 is 2.52 bits per heavy atom. The molecular formula is C34H37N3O10S. The minimum atomic E-state index is -3.88. The summed E-state index contributed by atoms with van der Waals surface area (Å²) >= 11 is 0. The van der Waals surface area contributed by atoms with Crippen LogP contribution in [0.1, 0.15) is 57.1 Å². The van der Waals surface area contributed by atoms with Gasteiger partial charge in [0.1, 0.15) is 35.0 Å². The number of unbranched alkanes of at least 4 members (excludes halogenated alkanes) is 1. The molecule has 0 spiro atoms. The molecule has 1 aliphatic rings. The molecule has 254 valence electrons. The van der Waals surface area contributed by atoms with Gasteiger partial charge in [0.25, 0.3) is 0 Å². The van der Waals surface area contributed by atoms with Gasteiger partial charge in [-0.15, -0.1) is 0 Å². The van der Waals surface area contributed by atoms with Gasteiger partial charge in [-0.3, -0.25) is 14.3 Å². The van der Waals surface area contributed by atoms with E-state index in [1.165, 1.54) is 31.4 Å². The third-order valence-electron chi connectivity index (χ3n) is 7.50. The minimum Gasteiger partial charge on any atom is -0.507 e. The number of sulfonamides is 1. The van der Waals surface area contributed by atoms with Crippen LogP contribution in [0, 0.1) is 0 Å². The summed E-state index contributed by atoms with van der Waals surface area (Å²) in [5.41, 5.74) is 2.17. The molecule has 0 aliphatic carbocycles. The molecule has 3 amide bonds. The zero-order valence-corrected chi connectivity index (χ0v) is 27.1. The highest BCUT2D eigenvalue weighted by Gasteiger charge is 2.38. The second kappa shape index (κ2) is 16.5. The van der Waals surface area contributed by atoms with E-state index in [0.29, 0.717) is 29.5 Å². The fourth-order valence-electron chi connectivity index (χ4n) is 5.09. The van der Waals surface area contributed by atoms with Crippen LogP contribution in [0.4, 0.5) is 4.79 Å². The fraction of sp³-hybridized carbons (Fsp3) is 0.294. The quantitative estimate of drug-likeness (QED) is 0.137. The largest absolute Gasteiger partial charge is 0.507 e. The first kappa shape index (κ1) is 35.5. The number of ether oxygens (including phenoxy) is 3. The van der Waals surface area contributed by atoms with Gasteiger partial charge in [-0.1, -0.05) is 67.3 Å². The van der Waals surface area contributed by atoms with Crippen LogP contribution in [-0.4, -0.2) is 63.7 Å². The zero-order chi connectivity index (χ0) is 34.7. The van der Waals surface area contributed by atoms with Gasteiger partial charge in [-0.25, -0.2) is 18.0 Å². The Balaban J connectivity index is 1.39. The number of methoxy groups -OCH3 is 1. The second-order valence-corrected chi connectivity index (χ2v) is 12.7. The lowest BCUT2D eigenvalue weighted by Crippen LogP contribution is -2.48. The Morgan fingerprint density at radius 2 is 1.83 bits per heavy atom. The van der Waals surface area contributed by atoms with Crippen molar-refractivity contribution in [2.75, 3.05) is 20.3 Å². The molecule has 1 saturated heterocycles. The first-order valence-corrected chi connectivity index (χ1v) is 16.6. The van der Waals surface area contributed by atoms with Crippen LogP contribution in [-0.2, 0) is 42.1 Å². The van der Waals surface area contributed by atoms with Crippen molar-refractivity contribution in [2.24, 2.45) is 0 Å². The van der Waals surface area contributed by atoms with Crippen molar-refractivity contribution >= 4 is 40.0 Å². The highest BCUT2D eigenvalue weighted by molar-refractivity contribution is 7.90. The molecule has 1 heterocycles. The summed E-state index contributed by atoms with van der Waals surface area (Å²) in [7, 11) is -2.69. The molecule has 4 rings (SSSR count). The molecular weight excluding hydrogens is 642 g/mol. The van der Waals surface area contributed by atoms with Gasteiger partial charge in [-0.2, -0.15) is 0 Å². The third-order valence-corrected chi connectivity index (χ3v) is 9.18. The van der Waals surface area contributed by atoms with Crippen molar-refractivity contribution in [1.29, 1.82) is 0 Å². The number of hydrogen-bond donors (Lipinski definition) is 4. The molecule has 13 nitrogen and oxygen atoms in total. The van der Waals surface area contributed by atoms with Crippen LogP contribution in [0.5, 0.6) is 11.5 Å². The van der Waals surface area contributed by atoms with Gasteiger partial charge in [0.2, 0.25) is 21.8 Å². The standard InChI is InChI=1S/C34H37N3O10S/c1-3-24-18-23(14-15-25(24)29-20-30(39)37-48(29,43)44)19-26(36-34(42)47-21-22-10-5-4-6-11-22)32(40)35-16-7-8-17-46-28-13-9-12-27(38)31(28)33(41)45-2/h3-6,9-15,18,26,29,38H,1,7-8,16-17,19-21H2,2H3,(H,35,40)(H,36,42)(H,37,39)/t26-,29?/m0/s1. The van der Waals surface area contributed by atoms with Crippen LogP contribution in [0.25, 0.3) is 6.08 Å². The molecule has 3 aromatic rings. The number of carbonyl (C=O) groups is 4. The average Bonchev–Trinajstić information content (AvgIpc) is 3.35. The summed E-state index contributed by atoms with van der Waals surface area (Å²) in [5, 5.41) is 14.4. The topological polar surface area (TPSA) is 186 Å². The summed E-state index contributed by atoms with van der Waals surface area (Å²) in [5.74, 6) is -1.90. The van der Waals surface area contributed by atoms with E-state index in [2.05, 4.69) is 17.2 Å². The van der Waals surface area contributed by atoms with Crippen LogP contribution in [0.15, 0.2) is 73.3 Å². The van der Waals surface area contributed by atoms with Crippen LogP contribution in [0.2, 0.25) is 0 Å². The van der Waals surface area contributed by atoms with Crippen LogP contribution >= 0.6 is 0 Å². The normalized spacial score (nSPS) is 15.4. The number of aromatic hydroxyl groups is 1. The predicted molar refractivity (Wildman–Crippen MR) is 175 cm³/mol. The molecule has 1 aliphatic heterocycles. The Hall–Kier alpha value is -5.37. The van der Waals surface area contributed by atoms with Crippen molar-refractivity contribution in [3.8, 4) is 11.5 Å². The Labute approximate surface area is 278 Å². The van der Waals surface area contributed by atoms with Gasteiger partial charge in [0.05, 0.1) is 20.1 Å². The lowest BCUT2D eigenvalue weighted by molar-refractivity contribution is -0.123. The van der Waals surface area contributed by atoms with E-state index >= 15 is 0 Å². The summed E-state index contributed by atoms with van der Waals surface area (Å²) in [6, 6.07) is 17.3. The van der Waals surface area contributed by atoms with E-state index < -0.39 is 45.2 Å². The van der Waals surface area contributed by atoms with E-state index in [4.69, 9.17) is 14.2 Å². The number of carbonyl (C=O) groups excluding carboxylic acids is 4. The summed E-state index contributed by atoms with van der Waals surface area (Å²) in [6.07, 6.45) is 1.47. The van der Waals surface area contributed by atoms with Gasteiger partial charge in [0.15, 0.2) is 0 Å². The summed E-state index contributed by atoms with van der Waals surface area (Å²) in [6.45, 7) is 4.20. The molecule has 1 fully saturated rings. The number of benzene rings is 3. The number of nitrogens with one attached hydrogen (secondary N) is 3. The molecule has 48 heavy (non-hydrogen) atoms. The van der Waals surface area contributed by atoms with Gasteiger partial charge in [0, 0.05) is 13.0 Å². The smallest absolute Gasteiger partial charge is 0.408 e. The van der Waals surface area contributed by atoms with Crippen molar-refractivity contribution < 1.29 is 46.9 Å². The number of alkyl carbamates (subject to hydrolysis) is 1. The highest BCUT2D eigenvalue weighted by Crippen LogP contribution is 2.33. The van der Waals surface area contributed by atoms with Crippen molar-refractivity contribution in [3.05, 3.63) is 101 Å². The molecule has 0 aromatic heterocycles. The zero-order valence-electron chi connectivity index (χ0n) is 26.3. The number of amides is 3. The maximum absolute atomic E-state index is 13.3. The number of rotatable bonds is 15. The first-order valence-electron chi connectivity index (χ1n) is 15.1. The molecule has 1 unspecified atom stereocenters. The lowest BCUT2D eigenvalue weighted by Gasteiger charge is -2.20. The SMILES string of the molecule is C=Cc1cc(C[C@H](NC(=O)OCc2ccccc2)C(=O)NCCCCOc2cccc(O)c2C(=O)OC)ccc1C1CC(=O)NS1(=O)=O. The van der Waals surface area contributed by atoms with Gasteiger partial charge >= 0.3 is 12.1 Å². The van der Waals surface area contributed by atoms with Crippen LogP contribution < -0.4 is 20.1 Å². The third kappa shape index (κ3) is 9.35. The first-order chi connectivity index (χ1) is 23.0. The highest BCUT2D eigenvalue weighted by atomic mass is 32.2. The Morgan fingerprint density at radius 1 is 1.06 bits per heavy atom. The summed E-state index contributed by atoms with van der Waals surface area (Å²) < 4.78 is 42.6. The van der Waals surface area contributed by atoms with E-state index in [9.17, 15) is 32.7 Å². The average molecular weight is 680 g/mol. The van der Waals surface area contributed by atoms with Gasteiger partial charge in [-0.05, 0) is 47.2 Å². The van der Waals surface area contributed by atoms with E-state index in [0.717, 1.165) is 5.56 Å². The van der Waals surface area contributed by atoms with E-state index in [-0.39, 0.29) is 49.7 Å². The molecule has 2 atom stereocenters. The molecule has 14 heteroatoms. The molecule has 0 bridgehead atoms. The van der Waals surface area contributed by atoms with Crippen LogP contribution in [0.3, 0.4) is 0 Å². The molecule has 0 radical (unpaired) electrons. The maximum atomic E-state index is 13.3. The number of hydrogen-bond acceptors (Lipinski definition) is 10. The van der Waals surface area contributed by atoms with Gasteiger partial charge < -0.3 is 30.0 Å². The van der Waals surface area contributed by atoms with E-state index in [1.54, 1.807) is 30.3 Å². The molecule has 3 aromatic carbocycles. The minimum absolute atomic E-state index is 0.00415. The Kier molecular flexibility index (Phi) is 12.2. The summed E-state index contributed by atoms with van der Waals surface area (Å²) in [4.78, 5) is 49.9. The van der Waals surface area contributed by atoms with Crippen molar-refractivity contribution in [3.63, 3.8) is 0 Å². The number of phenolic OH excluding ortho intramolecular Hbond substituents is 1. The number of esters is 1. The Bertz CT molecular complexity index is 1760. The predicted octanol–water partition coefficient (Wildman–Crippen LogP) is 3.53. The lowest BCUT2D eigenvalue weighted by atomic mass is 9.96.